The van der Waals surface area contributed by atoms with E-state index in [1.165, 1.54) is 38.0 Å². The molecule has 2 rings (SSSR count). The van der Waals surface area contributed by atoms with E-state index in [1.54, 1.807) is 0 Å². The van der Waals surface area contributed by atoms with Crippen molar-refractivity contribution in [2.75, 3.05) is 33.1 Å². The van der Waals surface area contributed by atoms with Crippen LogP contribution in [0.4, 0.5) is 5.69 Å². The van der Waals surface area contributed by atoms with Gasteiger partial charge in [0.25, 0.3) is 0 Å². The van der Waals surface area contributed by atoms with E-state index in [1.807, 2.05) is 11.9 Å². The molecule has 0 saturated carbocycles. The summed E-state index contributed by atoms with van der Waals surface area (Å²) < 4.78 is 9.40. The monoisotopic (exact) mass is 398 g/mol. The lowest BCUT2D eigenvalue weighted by atomic mass is 10.1. The summed E-state index contributed by atoms with van der Waals surface area (Å²) in [6.07, 6.45) is 0.983. The topological polar surface area (TPSA) is 84.9 Å². The maximum Gasteiger partial charge on any atom is 0.337 e. The summed E-state index contributed by atoms with van der Waals surface area (Å²) in [4.78, 5) is 38.0. The van der Waals surface area contributed by atoms with Crippen LogP contribution in [0.2, 0.25) is 0 Å². The number of hydrogen-bond donors (Lipinski definition) is 1. The van der Waals surface area contributed by atoms with Gasteiger partial charge in [-0.1, -0.05) is 31.2 Å². The second-order valence-electron chi connectivity index (χ2n) is 6.67. The maximum atomic E-state index is 12.4. The van der Waals surface area contributed by atoms with Crippen LogP contribution in [0.1, 0.15) is 38.8 Å². The molecule has 0 fully saturated rings. The SMILES string of the molecule is CCc1ccc(CN(C)CC(=O)Nc2cc(C(=O)OC)cc(C(=O)OC)c2)cc1. The highest BCUT2D eigenvalue weighted by Gasteiger charge is 2.15. The minimum absolute atomic E-state index is 0.144. The van der Waals surface area contributed by atoms with Gasteiger partial charge in [-0.2, -0.15) is 0 Å². The first-order chi connectivity index (χ1) is 13.9. The molecule has 154 valence electrons. The van der Waals surface area contributed by atoms with Gasteiger partial charge in [-0.25, -0.2) is 9.59 Å². The molecule has 0 aliphatic heterocycles. The van der Waals surface area contributed by atoms with Crippen LogP contribution >= 0.6 is 0 Å². The number of esters is 2. The fraction of sp³-hybridized carbons (Fsp3) is 0.318. The Hall–Kier alpha value is -3.19. The van der Waals surface area contributed by atoms with Crippen molar-refractivity contribution >= 4 is 23.5 Å². The number of anilines is 1. The maximum absolute atomic E-state index is 12.4. The Balaban J connectivity index is 2.06. The third-order valence-electron chi connectivity index (χ3n) is 4.36. The summed E-state index contributed by atoms with van der Waals surface area (Å²) >= 11 is 0. The highest BCUT2D eigenvalue weighted by Crippen LogP contribution is 2.17. The molecule has 0 spiro atoms. The second-order valence-corrected chi connectivity index (χ2v) is 6.67. The van der Waals surface area contributed by atoms with Gasteiger partial charge in [-0.3, -0.25) is 9.69 Å². The van der Waals surface area contributed by atoms with Crippen LogP contribution < -0.4 is 5.32 Å². The van der Waals surface area contributed by atoms with E-state index in [0.717, 1.165) is 12.0 Å². The third kappa shape index (κ3) is 6.43. The van der Waals surface area contributed by atoms with Crippen molar-refractivity contribution in [1.29, 1.82) is 0 Å². The molecule has 0 bridgehead atoms. The fourth-order valence-corrected chi connectivity index (χ4v) is 2.86. The highest BCUT2D eigenvalue weighted by atomic mass is 16.5. The number of carbonyl (C=O) groups is 3. The Bertz CT molecular complexity index is 843. The van der Waals surface area contributed by atoms with Crippen LogP contribution in [0.3, 0.4) is 0 Å². The second kappa shape index (κ2) is 10.4. The van der Waals surface area contributed by atoms with E-state index in [4.69, 9.17) is 9.47 Å². The zero-order valence-electron chi connectivity index (χ0n) is 17.2. The van der Waals surface area contributed by atoms with Gasteiger partial charge in [0.05, 0.1) is 31.9 Å². The van der Waals surface area contributed by atoms with Gasteiger partial charge in [0.2, 0.25) is 5.91 Å². The van der Waals surface area contributed by atoms with Gasteiger partial charge >= 0.3 is 11.9 Å². The molecule has 0 heterocycles. The van der Waals surface area contributed by atoms with Gasteiger partial charge in [0, 0.05) is 12.2 Å². The van der Waals surface area contributed by atoms with Gasteiger partial charge in [0.15, 0.2) is 0 Å². The molecule has 0 unspecified atom stereocenters. The van der Waals surface area contributed by atoms with Crippen molar-refractivity contribution in [1.82, 2.24) is 4.90 Å². The summed E-state index contributed by atoms with van der Waals surface area (Å²) in [5, 5.41) is 2.72. The van der Waals surface area contributed by atoms with Crippen LogP contribution in [0.15, 0.2) is 42.5 Å². The number of nitrogens with zero attached hydrogens (tertiary/aromatic N) is 1. The van der Waals surface area contributed by atoms with E-state index >= 15 is 0 Å². The summed E-state index contributed by atoms with van der Waals surface area (Å²) in [7, 11) is 4.33. The normalized spacial score (nSPS) is 10.5. The molecule has 0 aromatic heterocycles. The summed E-state index contributed by atoms with van der Waals surface area (Å²) in [5.41, 5.74) is 2.99. The van der Waals surface area contributed by atoms with Crippen molar-refractivity contribution in [2.45, 2.75) is 19.9 Å². The smallest absolute Gasteiger partial charge is 0.337 e. The summed E-state index contributed by atoms with van der Waals surface area (Å²) in [6, 6.07) is 12.5. The molecule has 0 saturated heterocycles. The van der Waals surface area contributed by atoms with Gasteiger partial charge in [-0.15, -0.1) is 0 Å². The number of methoxy groups -OCH3 is 2. The first-order valence-electron chi connectivity index (χ1n) is 9.24. The largest absolute Gasteiger partial charge is 0.465 e. The Labute approximate surface area is 170 Å². The van der Waals surface area contributed by atoms with Crippen molar-refractivity contribution in [3.05, 3.63) is 64.7 Å². The minimum Gasteiger partial charge on any atom is -0.465 e. The molecule has 0 atom stereocenters. The number of ether oxygens (including phenoxy) is 2. The molecular formula is C22H26N2O5. The van der Waals surface area contributed by atoms with Gasteiger partial charge < -0.3 is 14.8 Å². The highest BCUT2D eigenvalue weighted by molar-refractivity contribution is 5.99. The number of likely N-dealkylation sites (N-methyl/N-ethyl adjacent to an activating group) is 1. The molecule has 2 aromatic rings. The van der Waals surface area contributed by atoms with Crippen LogP contribution in [0, 0.1) is 0 Å². The van der Waals surface area contributed by atoms with Gasteiger partial charge in [0.1, 0.15) is 0 Å². The van der Waals surface area contributed by atoms with Crippen LogP contribution in [0.5, 0.6) is 0 Å². The lowest BCUT2D eigenvalue weighted by molar-refractivity contribution is -0.117. The average molecular weight is 398 g/mol. The Morgan fingerprint density at radius 1 is 0.897 bits per heavy atom. The standard InChI is InChI=1S/C22H26N2O5/c1-5-15-6-8-16(9-7-15)13-24(2)14-20(25)23-19-11-17(21(26)28-3)10-18(12-19)22(27)29-4/h6-12H,5,13-14H2,1-4H3,(H,23,25). The van der Waals surface area contributed by atoms with Crippen LogP contribution in [-0.4, -0.2) is 50.6 Å². The number of carbonyl (C=O) groups excluding carboxylic acids is 3. The van der Waals surface area contributed by atoms with E-state index in [-0.39, 0.29) is 23.6 Å². The quantitative estimate of drug-likeness (QED) is 0.689. The van der Waals surface area contributed by atoms with E-state index in [2.05, 4.69) is 36.5 Å². The van der Waals surface area contributed by atoms with Crippen molar-refractivity contribution < 1.29 is 23.9 Å². The minimum atomic E-state index is -0.612. The predicted molar refractivity (Wildman–Crippen MR) is 110 cm³/mol. The number of benzene rings is 2. The Kier molecular flexibility index (Phi) is 7.91. The van der Waals surface area contributed by atoms with Crippen molar-refractivity contribution in [3.63, 3.8) is 0 Å². The molecule has 0 aliphatic carbocycles. The van der Waals surface area contributed by atoms with E-state index in [9.17, 15) is 14.4 Å². The zero-order valence-corrected chi connectivity index (χ0v) is 17.2. The Morgan fingerprint density at radius 2 is 1.41 bits per heavy atom. The van der Waals surface area contributed by atoms with Crippen LogP contribution in [-0.2, 0) is 27.2 Å². The number of rotatable bonds is 8. The molecule has 1 amide bonds. The van der Waals surface area contributed by atoms with E-state index in [0.29, 0.717) is 12.2 Å². The molecule has 7 nitrogen and oxygen atoms in total. The van der Waals surface area contributed by atoms with Crippen LogP contribution in [0.25, 0.3) is 0 Å². The third-order valence-corrected chi connectivity index (χ3v) is 4.36. The first-order valence-corrected chi connectivity index (χ1v) is 9.24. The molecule has 7 heteroatoms. The van der Waals surface area contributed by atoms with Crippen molar-refractivity contribution in [3.8, 4) is 0 Å². The molecule has 2 aromatic carbocycles. The fourth-order valence-electron chi connectivity index (χ4n) is 2.86. The predicted octanol–water partition coefficient (Wildman–Crippen LogP) is 2.89. The number of amides is 1. The number of aryl methyl sites for hydroxylation is 1. The first kappa shape index (κ1) is 22.1. The molecule has 29 heavy (non-hydrogen) atoms. The summed E-state index contributed by atoms with van der Waals surface area (Å²) in [6.45, 7) is 2.87. The number of hydrogen-bond acceptors (Lipinski definition) is 6. The molecule has 1 N–H and O–H groups in total. The number of nitrogens with one attached hydrogen (secondary N) is 1. The lowest BCUT2D eigenvalue weighted by Gasteiger charge is -2.17. The summed E-state index contributed by atoms with van der Waals surface area (Å²) in [5.74, 6) is -1.49. The zero-order chi connectivity index (χ0) is 21.4. The molecule has 0 aliphatic rings. The lowest BCUT2D eigenvalue weighted by Crippen LogP contribution is -2.30. The Morgan fingerprint density at radius 3 is 1.90 bits per heavy atom. The average Bonchev–Trinajstić information content (AvgIpc) is 2.72. The van der Waals surface area contributed by atoms with Gasteiger partial charge in [-0.05, 0) is 42.8 Å². The van der Waals surface area contributed by atoms with Crippen molar-refractivity contribution in [2.24, 2.45) is 0 Å². The molecule has 0 radical (unpaired) electrons. The molecular weight excluding hydrogens is 372 g/mol. The van der Waals surface area contributed by atoms with E-state index < -0.39 is 11.9 Å².